The molecular weight excluding hydrogens is 230 g/mol. The minimum absolute atomic E-state index is 0.421. The second kappa shape index (κ2) is 8.47. The number of nitrogens with two attached hydrogens (primary N) is 1. The number of ether oxygens (including phenoxy) is 1. The van der Waals surface area contributed by atoms with Gasteiger partial charge in [-0.3, -0.25) is 4.79 Å². The summed E-state index contributed by atoms with van der Waals surface area (Å²) in [6.07, 6.45) is 4.75. The quantitative estimate of drug-likeness (QED) is 0.656. The fraction of sp³-hybridized carbons (Fsp3) is 0.538. The average Bonchev–Trinajstić information content (AvgIpc) is 2.38. The van der Waals surface area contributed by atoms with Crippen molar-refractivity contribution < 1.29 is 9.53 Å². The zero-order valence-electron chi connectivity index (χ0n) is 10.8. The number of hydrogen-bond donors (Lipinski definition) is 2. The first-order valence-corrected chi connectivity index (χ1v) is 6.32. The average molecular weight is 251 g/mol. The highest BCUT2D eigenvalue weighted by atomic mass is 16.5. The number of pyridine rings is 1. The van der Waals surface area contributed by atoms with Gasteiger partial charge in [0.15, 0.2) is 0 Å². The van der Waals surface area contributed by atoms with Crippen LogP contribution in [0.4, 0.5) is 5.82 Å². The Labute approximate surface area is 108 Å². The summed E-state index contributed by atoms with van der Waals surface area (Å²) in [7, 11) is 0. The van der Waals surface area contributed by atoms with Crippen molar-refractivity contribution in [2.45, 2.75) is 26.2 Å². The number of primary amides is 1. The van der Waals surface area contributed by atoms with E-state index in [2.05, 4.69) is 17.2 Å². The van der Waals surface area contributed by atoms with Crippen LogP contribution in [-0.4, -0.2) is 30.6 Å². The van der Waals surface area contributed by atoms with E-state index in [1.807, 2.05) is 0 Å². The van der Waals surface area contributed by atoms with Crippen LogP contribution in [0.5, 0.6) is 0 Å². The van der Waals surface area contributed by atoms with Crippen molar-refractivity contribution in [1.82, 2.24) is 4.98 Å². The van der Waals surface area contributed by atoms with Gasteiger partial charge in [0.25, 0.3) is 5.91 Å². The maximum absolute atomic E-state index is 11.1. The van der Waals surface area contributed by atoms with Crippen molar-refractivity contribution in [3.8, 4) is 0 Å². The molecule has 3 N–H and O–H groups in total. The number of carbonyl (C=O) groups excluding carboxylic acids is 1. The molecule has 0 aromatic carbocycles. The van der Waals surface area contributed by atoms with Gasteiger partial charge in [-0.2, -0.15) is 0 Å². The van der Waals surface area contributed by atoms with E-state index < -0.39 is 5.91 Å². The number of amides is 1. The van der Waals surface area contributed by atoms with Crippen LogP contribution in [0.2, 0.25) is 0 Å². The van der Waals surface area contributed by atoms with Crippen LogP contribution in [-0.2, 0) is 4.74 Å². The molecule has 0 aliphatic rings. The van der Waals surface area contributed by atoms with Gasteiger partial charge in [0.1, 0.15) is 5.82 Å². The van der Waals surface area contributed by atoms with Crippen LogP contribution >= 0.6 is 0 Å². The van der Waals surface area contributed by atoms with Gasteiger partial charge >= 0.3 is 0 Å². The van der Waals surface area contributed by atoms with Gasteiger partial charge < -0.3 is 15.8 Å². The Hall–Kier alpha value is -1.62. The lowest BCUT2D eigenvalue weighted by molar-refractivity contribution is 0.100. The van der Waals surface area contributed by atoms with Crippen molar-refractivity contribution in [1.29, 1.82) is 0 Å². The van der Waals surface area contributed by atoms with Crippen molar-refractivity contribution in [3.05, 3.63) is 23.9 Å². The SMILES string of the molecule is CCCCOCCCNc1ncccc1C(N)=O. The zero-order chi connectivity index (χ0) is 13.2. The third kappa shape index (κ3) is 5.14. The predicted molar refractivity (Wildman–Crippen MR) is 71.6 cm³/mol. The fourth-order valence-electron chi connectivity index (χ4n) is 1.47. The van der Waals surface area contributed by atoms with Crippen molar-refractivity contribution in [3.63, 3.8) is 0 Å². The number of nitrogens with one attached hydrogen (secondary N) is 1. The molecule has 0 saturated carbocycles. The Morgan fingerprint density at radius 2 is 2.22 bits per heavy atom. The molecule has 0 aliphatic heterocycles. The molecule has 100 valence electrons. The van der Waals surface area contributed by atoms with Crippen LogP contribution in [0.15, 0.2) is 18.3 Å². The van der Waals surface area contributed by atoms with E-state index in [4.69, 9.17) is 10.5 Å². The van der Waals surface area contributed by atoms with E-state index in [1.165, 1.54) is 0 Å². The summed E-state index contributed by atoms with van der Waals surface area (Å²) < 4.78 is 5.44. The summed E-state index contributed by atoms with van der Waals surface area (Å²) in [6, 6.07) is 3.36. The highest BCUT2D eigenvalue weighted by molar-refractivity contribution is 5.97. The molecular formula is C13H21N3O2. The number of carbonyl (C=O) groups is 1. The molecule has 1 rings (SSSR count). The summed E-state index contributed by atoms with van der Waals surface area (Å²) in [6.45, 7) is 4.37. The highest BCUT2D eigenvalue weighted by Gasteiger charge is 2.07. The van der Waals surface area contributed by atoms with E-state index in [1.54, 1.807) is 18.3 Å². The molecule has 18 heavy (non-hydrogen) atoms. The Bertz CT molecular complexity index is 369. The standard InChI is InChI=1S/C13H21N3O2/c1-2-3-9-18-10-5-8-16-13-11(12(14)17)6-4-7-15-13/h4,6-7H,2-3,5,8-10H2,1H3,(H2,14,17)(H,15,16). The zero-order valence-corrected chi connectivity index (χ0v) is 10.8. The monoisotopic (exact) mass is 251 g/mol. The summed E-state index contributed by atoms with van der Waals surface area (Å²) in [4.78, 5) is 15.2. The van der Waals surface area contributed by atoms with Gasteiger partial charge in [0.05, 0.1) is 5.56 Å². The van der Waals surface area contributed by atoms with Gasteiger partial charge in [0, 0.05) is 26.0 Å². The second-order valence-corrected chi connectivity index (χ2v) is 4.01. The third-order valence-electron chi connectivity index (χ3n) is 2.47. The molecule has 5 heteroatoms. The number of rotatable bonds is 9. The first kappa shape index (κ1) is 14.4. The molecule has 0 bridgehead atoms. The summed E-state index contributed by atoms with van der Waals surface area (Å²) >= 11 is 0. The van der Waals surface area contributed by atoms with E-state index in [9.17, 15) is 4.79 Å². The summed E-state index contributed by atoms with van der Waals surface area (Å²) in [5.41, 5.74) is 5.68. The molecule has 0 unspecified atom stereocenters. The van der Waals surface area contributed by atoms with E-state index >= 15 is 0 Å². The largest absolute Gasteiger partial charge is 0.381 e. The predicted octanol–water partition coefficient (Wildman–Crippen LogP) is 1.80. The third-order valence-corrected chi connectivity index (χ3v) is 2.47. The van der Waals surface area contributed by atoms with Gasteiger partial charge in [-0.15, -0.1) is 0 Å². The lowest BCUT2D eigenvalue weighted by atomic mass is 10.2. The number of unbranched alkanes of at least 4 members (excludes halogenated alkanes) is 1. The molecule has 0 saturated heterocycles. The second-order valence-electron chi connectivity index (χ2n) is 4.01. The van der Waals surface area contributed by atoms with Crippen molar-refractivity contribution in [2.24, 2.45) is 5.73 Å². The van der Waals surface area contributed by atoms with Crippen molar-refractivity contribution >= 4 is 11.7 Å². The Morgan fingerprint density at radius 1 is 1.44 bits per heavy atom. The lowest BCUT2D eigenvalue weighted by Gasteiger charge is -2.08. The smallest absolute Gasteiger partial charge is 0.252 e. The van der Waals surface area contributed by atoms with Crippen LogP contribution in [0, 0.1) is 0 Å². The van der Waals surface area contributed by atoms with Gasteiger partial charge in [0.2, 0.25) is 0 Å². The molecule has 1 aromatic rings. The molecule has 0 radical (unpaired) electrons. The normalized spacial score (nSPS) is 10.3. The molecule has 0 fully saturated rings. The van der Waals surface area contributed by atoms with Crippen LogP contribution in [0.3, 0.4) is 0 Å². The van der Waals surface area contributed by atoms with Crippen LogP contribution in [0.1, 0.15) is 36.5 Å². The summed E-state index contributed by atoms with van der Waals surface area (Å²) in [5.74, 6) is 0.0725. The van der Waals surface area contributed by atoms with Gasteiger partial charge in [-0.1, -0.05) is 13.3 Å². The maximum Gasteiger partial charge on any atom is 0.252 e. The number of anilines is 1. The molecule has 0 aliphatic carbocycles. The van der Waals surface area contributed by atoms with E-state index in [0.29, 0.717) is 24.5 Å². The first-order chi connectivity index (χ1) is 8.75. The topological polar surface area (TPSA) is 77.2 Å². The van der Waals surface area contributed by atoms with Gasteiger partial charge in [-0.25, -0.2) is 4.98 Å². The summed E-state index contributed by atoms with van der Waals surface area (Å²) in [5, 5.41) is 3.09. The molecule has 0 spiro atoms. The minimum Gasteiger partial charge on any atom is -0.381 e. The van der Waals surface area contributed by atoms with Crippen LogP contribution in [0.25, 0.3) is 0 Å². The first-order valence-electron chi connectivity index (χ1n) is 6.32. The molecule has 5 nitrogen and oxygen atoms in total. The van der Waals surface area contributed by atoms with Crippen LogP contribution < -0.4 is 11.1 Å². The maximum atomic E-state index is 11.1. The Kier molecular flexibility index (Phi) is 6.79. The number of hydrogen-bond acceptors (Lipinski definition) is 4. The molecule has 1 amide bonds. The lowest BCUT2D eigenvalue weighted by Crippen LogP contribution is -2.16. The van der Waals surface area contributed by atoms with E-state index in [-0.39, 0.29) is 0 Å². The Morgan fingerprint density at radius 3 is 2.94 bits per heavy atom. The molecule has 1 aromatic heterocycles. The Balaban J connectivity index is 2.25. The van der Waals surface area contributed by atoms with Gasteiger partial charge in [-0.05, 0) is 25.0 Å². The molecule has 0 atom stereocenters. The number of aromatic nitrogens is 1. The fourth-order valence-corrected chi connectivity index (χ4v) is 1.47. The van der Waals surface area contributed by atoms with Crippen molar-refractivity contribution in [2.75, 3.05) is 25.1 Å². The minimum atomic E-state index is -0.468. The number of nitrogens with zero attached hydrogens (tertiary/aromatic N) is 1. The highest BCUT2D eigenvalue weighted by Crippen LogP contribution is 2.10. The van der Waals surface area contributed by atoms with E-state index in [0.717, 1.165) is 25.9 Å². The molecule has 1 heterocycles.